The normalized spacial score (nSPS) is 10.4. The molecule has 0 unspecified atom stereocenters. The van der Waals surface area contributed by atoms with Crippen molar-refractivity contribution in [3.63, 3.8) is 0 Å². The van der Waals surface area contributed by atoms with E-state index in [0.717, 1.165) is 10.7 Å². The van der Waals surface area contributed by atoms with Crippen LogP contribution in [0.1, 0.15) is 15.6 Å². The lowest BCUT2D eigenvalue weighted by Crippen LogP contribution is -2.32. The molecule has 1 heterocycles. The first-order valence-electron chi connectivity index (χ1n) is 4.84. The maximum atomic E-state index is 11.3. The van der Waals surface area contributed by atoms with Gasteiger partial charge in [-0.2, -0.15) is 0 Å². The number of nitrogens with zero attached hydrogens (tertiary/aromatic N) is 2. The molecule has 4 nitrogen and oxygen atoms in total. The molecule has 0 aliphatic carbocycles. The Morgan fingerprint density at radius 3 is 2.60 bits per heavy atom. The maximum absolute atomic E-state index is 11.3. The van der Waals surface area contributed by atoms with Crippen molar-refractivity contribution < 1.29 is 4.79 Å². The van der Waals surface area contributed by atoms with E-state index in [4.69, 9.17) is 0 Å². The summed E-state index contributed by atoms with van der Waals surface area (Å²) < 4.78 is 0. The van der Waals surface area contributed by atoms with Gasteiger partial charge < -0.3 is 10.2 Å². The summed E-state index contributed by atoms with van der Waals surface area (Å²) in [5.74, 6) is 0.0833. The Morgan fingerprint density at radius 1 is 1.47 bits per heavy atom. The van der Waals surface area contributed by atoms with Crippen molar-refractivity contribution in [1.82, 2.24) is 15.2 Å². The van der Waals surface area contributed by atoms with Crippen molar-refractivity contribution in [1.29, 1.82) is 0 Å². The zero-order valence-corrected chi connectivity index (χ0v) is 10.4. The molecule has 0 bridgehead atoms. The monoisotopic (exact) mass is 227 g/mol. The SMILES string of the molecule is Cc1nc(CNCC(=O)N(C)C)sc1C. The average molecular weight is 227 g/mol. The van der Waals surface area contributed by atoms with E-state index in [1.165, 1.54) is 4.88 Å². The zero-order valence-electron chi connectivity index (χ0n) is 9.63. The second-order valence-electron chi connectivity index (χ2n) is 3.64. The van der Waals surface area contributed by atoms with Crippen LogP contribution in [-0.4, -0.2) is 36.4 Å². The Bertz CT molecular complexity index is 327. The minimum Gasteiger partial charge on any atom is -0.348 e. The molecule has 0 spiro atoms. The lowest BCUT2D eigenvalue weighted by atomic mass is 10.4. The second kappa shape index (κ2) is 5.23. The van der Waals surface area contributed by atoms with Crippen LogP contribution in [0.25, 0.3) is 0 Å². The van der Waals surface area contributed by atoms with Crippen molar-refractivity contribution in [2.45, 2.75) is 20.4 Å². The first kappa shape index (κ1) is 12.1. The molecule has 0 atom stereocenters. The highest BCUT2D eigenvalue weighted by atomic mass is 32.1. The molecule has 0 aromatic carbocycles. The molecule has 84 valence electrons. The summed E-state index contributed by atoms with van der Waals surface area (Å²) in [5.41, 5.74) is 1.08. The van der Waals surface area contributed by atoms with Gasteiger partial charge in [0.2, 0.25) is 5.91 Å². The molecule has 0 fully saturated rings. The second-order valence-corrected chi connectivity index (χ2v) is 4.93. The first-order valence-corrected chi connectivity index (χ1v) is 5.66. The summed E-state index contributed by atoms with van der Waals surface area (Å²) in [5, 5.41) is 4.12. The predicted octanol–water partition coefficient (Wildman–Crippen LogP) is 0.938. The fraction of sp³-hybridized carbons (Fsp3) is 0.600. The summed E-state index contributed by atoms with van der Waals surface area (Å²) in [6.07, 6.45) is 0. The third-order valence-corrected chi connectivity index (χ3v) is 3.20. The number of amides is 1. The van der Waals surface area contributed by atoms with E-state index in [-0.39, 0.29) is 5.91 Å². The van der Waals surface area contributed by atoms with Crippen LogP contribution in [0.3, 0.4) is 0 Å². The predicted molar refractivity (Wildman–Crippen MR) is 62.0 cm³/mol. The van der Waals surface area contributed by atoms with Gasteiger partial charge in [0.25, 0.3) is 0 Å². The topological polar surface area (TPSA) is 45.2 Å². The smallest absolute Gasteiger partial charge is 0.236 e. The average Bonchev–Trinajstić information content (AvgIpc) is 2.46. The van der Waals surface area contributed by atoms with Gasteiger partial charge in [0, 0.05) is 25.5 Å². The number of rotatable bonds is 4. The van der Waals surface area contributed by atoms with Crippen LogP contribution < -0.4 is 5.32 Å². The molecular formula is C10H17N3OS. The number of hydrogen-bond donors (Lipinski definition) is 1. The van der Waals surface area contributed by atoms with Crippen LogP contribution >= 0.6 is 11.3 Å². The van der Waals surface area contributed by atoms with Crippen molar-refractivity contribution in [3.8, 4) is 0 Å². The van der Waals surface area contributed by atoms with E-state index in [1.807, 2.05) is 6.92 Å². The van der Waals surface area contributed by atoms with Gasteiger partial charge in [-0.3, -0.25) is 4.79 Å². The molecule has 0 radical (unpaired) electrons. The Kier molecular flexibility index (Phi) is 4.23. The molecule has 1 N–H and O–H groups in total. The summed E-state index contributed by atoms with van der Waals surface area (Å²) in [7, 11) is 3.50. The Hall–Kier alpha value is -0.940. The van der Waals surface area contributed by atoms with Gasteiger partial charge in [0.05, 0.1) is 12.2 Å². The van der Waals surface area contributed by atoms with Crippen LogP contribution in [0.5, 0.6) is 0 Å². The Labute approximate surface area is 94.3 Å². The molecular weight excluding hydrogens is 210 g/mol. The number of likely N-dealkylation sites (N-methyl/N-ethyl adjacent to an activating group) is 1. The lowest BCUT2D eigenvalue weighted by Gasteiger charge is -2.09. The third kappa shape index (κ3) is 3.60. The fourth-order valence-corrected chi connectivity index (χ4v) is 1.95. The molecule has 0 aliphatic heterocycles. The quantitative estimate of drug-likeness (QED) is 0.832. The van der Waals surface area contributed by atoms with Crippen molar-refractivity contribution in [2.75, 3.05) is 20.6 Å². The van der Waals surface area contributed by atoms with Gasteiger partial charge in [-0.05, 0) is 13.8 Å². The van der Waals surface area contributed by atoms with Crippen LogP contribution in [-0.2, 0) is 11.3 Å². The highest BCUT2D eigenvalue weighted by molar-refractivity contribution is 7.11. The molecule has 1 aromatic rings. The van der Waals surface area contributed by atoms with Crippen molar-refractivity contribution in [2.24, 2.45) is 0 Å². The van der Waals surface area contributed by atoms with Gasteiger partial charge in [-0.1, -0.05) is 0 Å². The summed E-state index contributed by atoms with van der Waals surface area (Å²) in [4.78, 5) is 18.5. The summed E-state index contributed by atoms with van der Waals surface area (Å²) in [6.45, 7) is 5.09. The standard InChI is InChI=1S/C10H17N3OS/c1-7-8(2)15-9(12-7)5-11-6-10(14)13(3)4/h11H,5-6H2,1-4H3. The van der Waals surface area contributed by atoms with Gasteiger partial charge in [-0.15, -0.1) is 11.3 Å². The van der Waals surface area contributed by atoms with E-state index in [1.54, 1.807) is 30.3 Å². The molecule has 0 saturated carbocycles. The van der Waals surface area contributed by atoms with E-state index < -0.39 is 0 Å². The highest BCUT2D eigenvalue weighted by Crippen LogP contribution is 2.15. The maximum Gasteiger partial charge on any atom is 0.236 e. The number of carbonyl (C=O) groups is 1. The number of hydrogen-bond acceptors (Lipinski definition) is 4. The molecule has 0 saturated heterocycles. The Balaban J connectivity index is 2.35. The summed E-state index contributed by atoms with van der Waals surface area (Å²) in [6, 6.07) is 0. The van der Waals surface area contributed by atoms with Crippen LogP contribution in [0.15, 0.2) is 0 Å². The molecule has 15 heavy (non-hydrogen) atoms. The number of aryl methyl sites for hydroxylation is 2. The van der Waals surface area contributed by atoms with E-state index in [2.05, 4.69) is 17.2 Å². The van der Waals surface area contributed by atoms with Crippen LogP contribution in [0.2, 0.25) is 0 Å². The number of carbonyl (C=O) groups excluding carboxylic acids is 1. The molecule has 1 aromatic heterocycles. The molecule has 1 rings (SSSR count). The van der Waals surface area contributed by atoms with Crippen molar-refractivity contribution in [3.05, 3.63) is 15.6 Å². The lowest BCUT2D eigenvalue weighted by molar-refractivity contribution is -0.127. The number of nitrogens with one attached hydrogen (secondary N) is 1. The van der Waals surface area contributed by atoms with Gasteiger partial charge in [0.15, 0.2) is 0 Å². The largest absolute Gasteiger partial charge is 0.348 e. The Morgan fingerprint density at radius 2 is 2.13 bits per heavy atom. The molecule has 0 aliphatic rings. The minimum atomic E-state index is 0.0833. The molecule has 1 amide bonds. The van der Waals surface area contributed by atoms with Crippen LogP contribution in [0.4, 0.5) is 0 Å². The van der Waals surface area contributed by atoms with E-state index in [9.17, 15) is 4.79 Å². The molecule has 5 heteroatoms. The van der Waals surface area contributed by atoms with Gasteiger partial charge >= 0.3 is 0 Å². The summed E-state index contributed by atoms with van der Waals surface area (Å²) >= 11 is 1.68. The zero-order chi connectivity index (χ0) is 11.4. The highest BCUT2D eigenvalue weighted by Gasteiger charge is 2.05. The van der Waals surface area contributed by atoms with Crippen LogP contribution in [0, 0.1) is 13.8 Å². The minimum absolute atomic E-state index is 0.0833. The van der Waals surface area contributed by atoms with E-state index >= 15 is 0 Å². The van der Waals surface area contributed by atoms with Gasteiger partial charge in [0.1, 0.15) is 5.01 Å². The number of aromatic nitrogens is 1. The van der Waals surface area contributed by atoms with Crippen molar-refractivity contribution >= 4 is 17.2 Å². The van der Waals surface area contributed by atoms with E-state index in [0.29, 0.717) is 13.1 Å². The fourth-order valence-electron chi connectivity index (χ4n) is 1.05. The number of thiazole rings is 1. The third-order valence-electron chi connectivity index (χ3n) is 2.12. The first-order chi connectivity index (χ1) is 7.00. The van der Waals surface area contributed by atoms with Gasteiger partial charge in [-0.25, -0.2) is 4.98 Å².